The van der Waals surface area contributed by atoms with Gasteiger partial charge in [0.1, 0.15) is 0 Å². The molecule has 8 bridgehead atoms. The number of rotatable bonds is 16. The van der Waals surface area contributed by atoms with Crippen molar-refractivity contribution in [3.05, 3.63) is 219 Å². The summed E-state index contributed by atoms with van der Waals surface area (Å²) in [5.41, 5.74) is 37.3. The van der Waals surface area contributed by atoms with Crippen LogP contribution in [-0.4, -0.2) is 57.7 Å². The van der Waals surface area contributed by atoms with Crippen LogP contribution in [0.4, 0.5) is 11.4 Å². The van der Waals surface area contributed by atoms with Gasteiger partial charge in [0.2, 0.25) is 11.8 Å². The van der Waals surface area contributed by atoms with Crippen LogP contribution in [0, 0.1) is 0 Å². The molecule has 0 fully saturated rings. The molecule has 0 spiro atoms. The van der Waals surface area contributed by atoms with Gasteiger partial charge >= 0.3 is 0 Å². The van der Waals surface area contributed by atoms with E-state index in [0.717, 1.165) is 110 Å². The fourth-order valence-electron chi connectivity index (χ4n) is 9.08. The van der Waals surface area contributed by atoms with Gasteiger partial charge in [-0.2, -0.15) is 0 Å². The molecule has 12 nitrogen and oxygen atoms in total. The fraction of sp³-hybridized carbons (Fsp3) is 0.196. The van der Waals surface area contributed by atoms with Crippen molar-refractivity contribution < 1.29 is 9.59 Å². The van der Waals surface area contributed by atoms with E-state index in [0.29, 0.717) is 37.3 Å². The second-order valence-electron chi connectivity index (χ2n) is 17.4. The number of anilines is 2. The molecular formula is C56H58N10O2. The van der Waals surface area contributed by atoms with E-state index in [9.17, 15) is 9.59 Å². The molecule has 0 radical (unpaired) electrons. The van der Waals surface area contributed by atoms with Crippen LogP contribution in [0.2, 0.25) is 0 Å². The van der Waals surface area contributed by atoms with Crippen molar-refractivity contribution in [2.75, 3.05) is 23.7 Å². The van der Waals surface area contributed by atoms with Crippen LogP contribution < -0.4 is 44.3 Å². The first kappa shape index (κ1) is 45.5. The molecule has 13 N–H and O–H groups in total. The van der Waals surface area contributed by atoms with Gasteiger partial charge in [-0.25, -0.2) is 4.99 Å². The highest BCUT2D eigenvalue weighted by atomic mass is 16.2. The molecule has 3 atom stereocenters. The maximum atomic E-state index is 13.0. The molecule has 2 aliphatic rings. The van der Waals surface area contributed by atoms with E-state index in [1.165, 1.54) is 0 Å². The molecular weight excluding hydrogens is 845 g/mol. The number of unbranched alkanes of at least 4 members (excludes halogenated alkanes) is 2. The number of carbonyl (C=O) groups is 2. The first-order valence-electron chi connectivity index (χ1n) is 23.5. The van der Waals surface area contributed by atoms with E-state index in [2.05, 4.69) is 111 Å². The lowest BCUT2D eigenvalue weighted by Gasteiger charge is -2.18. The summed E-state index contributed by atoms with van der Waals surface area (Å²) in [6.45, 7) is 1.15. The van der Waals surface area contributed by atoms with Gasteiger partial charge in [-0.1, -0.05) is 97.8 Å². The quantitative estimate of drug-likeness (QED) is 0.0471. The Morgan fingerprint density at radius 3 is 1.54 bits per heavy atom. The minimum atomic E-state index is -0.621. The molecule has 2 aliphatic heterocycles. The molecule has 4 aromatic carbocycles. The SMILES string of the molecule is NCCCC[C@H](N)C(=O)Nc1ccc(C2=c3ccc([nH]3)=C(c3ccccc3)c3ccc([nH]3)C(c3ccc(NC(=O)[C@@H](N)CCCCN)cc3)c3ccc([nH]3)C(c3ccccc3)=C3C=CC2=N3)cc1. The van der Waals surface area contributed by atoms with Gasteiger partial charge in [0.05, 0.1) is 29.4 Å². The van der Waals surface area contributed by atoms with E-state index >= 15 is 0 Å². The fourth-order valence-corrected chi connectivity index (χ4v) is 9.08. The van der Waals surface area contributed by atoms with Gasteiger partial charge in [0, 0.05) is 61.6 Å². The first-order chi connectivity index (χ1) is 33.3. The van der Waals surface area contributed by atoms with Crippen LogP contribution in [0.1, 0.15) is 89.5 Å². The number of aromatic nitrogens is 3. The Morgan fingerprint density at radius 2 is 1.00 bits per heavy atom. The highest BCUT2D eigenvalue weighted by Crippen LogP contribution is 2.37. The summed E-state index contributed by atoms with van der Waals surface area (Å²) in [5, 5.41) is 7.80. The smallest absolute Gasteiger partial charge is 0.241 e. The molecule has 5 heterocycles. The van der Waals surface area contributed by atoms with Gasteiger partial charge in [0.15, 0.2) is 0 Å². The molecule has 2 amide bonds. The van der Waals surface area contributed by atoms with Gasteiger partial charge < -0.3 is 48.5 Å². The normalized spacial score (nSPS) is 15.3. The molecule has 12 heteroatoms. The number of benzene rings is 4. The van der Waals surface area contributed by atoms with Crippen LogP contribution in [0.3, 0.4) is 0 Å². The van der Waals surface area contributed by atoms with E-state index in [-0.39, 0.29) is 17.7 Å². The van der Waals surface area contributed by atoms with Crippen molar-refractivity contribution in [3.8, 4) is 0 Å². The van der Waals surface area contributed by atoms with Gasteiger partial charge in [0.25, 0.3) is 0 Å². The minimum Gasteiger partial charge on any atom is -0.357 e. The van der Waals surface area contributed by atoms with E-state index in [1.807, 2.05) is 72.8 Å². The second-order valence-corrected chi connectivity index (χ2v) is 17.4. The van der Waals surface area contributed by atoms with Crippen molar-refractivity contribution >= 4 is 45.6 Å². The first-order valence-corrected chi connectivity index (χ1v) is 23.5. The van der Waals surface area contributed by atoms with Crippen molar-refractivity contribution in [2.45, 2.75) is 56.5 Å². The van der Waals surface area contributed by atoms with Crippen LogP contribution in [0.25, 0.3) is 16.7 Å². The summed E-state index contributed by atoms with van der Waals surface area (Å²) in [5.74, 6) is -0.687. The molecule has 0 saturated heterocycles. The molecule has 344 valence electrons. The lowest BCUT2D eigenvalue weighted by atomic mass is 9.92. The number of fused-ring (bicyclic) bond motifs is 7. The number of aliphatic imine (C=N–C) groups is 1. The summed E-state index contributed by atoms with van der Waals surface area (Å²) in [6, 6.07) is 48.0. The highest BCUT2D eigenvalue weighted by Gasteiger charge is 2.26. The average molecular weight is 903 g/mol. The monoisotopic (exact) mass is 902 g/mol. The molecule has 68 heavy (non-hydrogen) atoms. The van der Waals surface area contributed by atoms with Crippen molar-refractivity contribution in [3.63, 3.8) is 0 Å². The van der Waals surface area contributed by atoms with E-state index < -0.39 is 12.1 Å². The summed E-state index contributed by atoms with van der Waals surface area (Å²) >= 11 is 0. The zero-order chi connectivity index (χ0) is 47.0. The van der Waals surface area contributed by atoms with Crippen molar-refractivity contribution in [1.29, 1.82) is 0 Å². The van der Waals surface area contributed by atoms with Gasteiger partial charge in [-0.05, 0) is 134 Å². The number of amides is 2. The molecule has 7 aromatic rings. The Balaban J connectivity index is 1.19. The third-order valence-electron chi connectivity index (χ3n) is 12.6. The molecule has 9 rings (SSSR count). The van der Waals surface area contributed by atoms with Crippen LogP contribution in [-0.2, 0) is 9.59 Å². The number of carbonyl (C=O) groups excluding carboxylic acids is 2. The van der Waals surface area contributed by atoms with Crippen LogP contribution in [0.15, 0.2) is 168 Å². The summed E-state index contributed by atoms with van der Waals surface area (Å²) in [4.78, 5) is 43.0. The number of nitrogens with two attached hydrogens (primary N) is 4. The molecule has 0 aliphatic carbocycles. The Kier molecular flexibility index (Phi) is 14.0. The standard InChI is InChI=1S/C56H58N10O2/c57-33-9-7-15-41(59)55(67)61-39-21-17-37(18-22-39)53-47-29-25-43(63-47)51(35-11-3-1-4-12-35)44-26-30-48(64-44)54(38-19-23-40(24-20-38)62-56(68)42(60)16-8-10-34-58)50-32-28-46(66-50)52(36-13-5-2-6-14-36)45-27-31-49(53)65-45/h1-6,11-14,17-32,41-42,53,63-65H,7-10,15-16,33-34,57-60H2,(H,61,67)(H,62,68)/t41-,42-,53?/m0/s1. The third-order valence-corrected chi connectivity index (χ3v) is 12.6. The molecule has 1 unspecified atom stereocenters. The van der Waals surface area contributed by atoms with Crippen LogP contribution in [0.5, 0.6) is 0 Å². The maximum absolute atomic E-state index is 13.0. The molecule has 3 aromatic heterocycles. The number of allylic oxidation sites excluding steroid dienone is 2. The predicted molar refractivity (Wildman–Crippen MR) is 274 cm³/mol. The Hall–Kier alpha value is -7.61. The largest absolute Gasteiger partial charge is 0.357 e. The number of H-pyrrole nitrogens is 3. The average Bonchev–Trinajstić information content (AvgIpc) is 4.22. The Morgan fingerprint density at radius 1 is 0.515 bits per heavy atom. The zero-order valence-electron chi connectivity index (χ0n) is 38.0. The lowest BCUT2D eigenvalue weighted by Crippen LogP contribution is -2.35. The third kappa shape index (κ3) is 10.0. The Labute approximate surface area is 396 Å². The van der Waals surface area contributed by atoms with Gasteiger partial charge in [-0.15, -0.1) is 0 Å². The van der Waals surface area contributed by atoms with Crippen LogP contribution >= 0.6 is 0 Å². The Bertz CT molecular complexity index is 3100. The highest BCUT2D eigenvalue weighted by molar-refractivity contribution is 6.30. The topological polar surface area (TPSA) is 222 Å². The number of aromatic amines is 3. The maximum Gasteiger partial charge on any atom is 0.241 e. The van der Waals surface area contributed by atoms with Crippen molar-refractivity contribution in [2.24, 2.45) is 27.9 Å². The van der Waals surface area contributed by atoms with Crippen molar-refractivity contribution in [1.82, 2.24) is 15.0 Å². The number of hydrogen-bond acceptors (Lipinski definition) is 7. The second kappa shape index (κ2) is 20.9. The predicted octanol–water partition coefficient (Wildman–Crippen LogP) is 6.87. The lowest BCUT2D eigenvalue weighted by molar-refractivity contribution is -0.118. The summed E-state index contributed by atoms with van der Waals surface area (Å²) in [6.07, 6.45) is 8.54. The summed E-state index contributed by atoms with van der Waals surface area (Å²) < 4.78 is 0. The molecule has 0 saturated carbocycles. The minimum absolute atomic E-state index is 0.216. The van der Waals surface area contributed by atoms with Gasteiger partial charge in [-0.3, -0.25) is 9.59 Å². The van der Waals surface area contributed by atoms with E-state index in [4.69, 9.17) is 27.9 Å². The summed E-state index contributed by atoms with van der Waals surface area (Å²) in [7, 11) is 0. The zero-order valence-corrected chi connectivity index (χ0v) is 38.0. The van der Waals surface area contributed by atoms with E-state index in [1.54, 1.807) is 0 Å². The number of nitrogens with one attached hydrogen (secondary N) is 5. The number of hydrogen-bond donors (Lipinski definition) is 9. The number of nitrogens with zero attached hydrogens (tertiary/aromatic N) is 1.